The highest BCUT2D eigenvalue weighted by molar-refractivity contribution is 6.24. The second-order valence-electron chi connectivity index (χ2n) is 3.77. The van der Waals surface area contributed by atoms with Crippen LogP contribution in [0.25, 0.3) is 0 Å². The van der Waals surface area contributed by atoms with Crippen molar-refractivity contribution in [2.75, 3.05) is 13.7 Å². The minimum Gasteiger partial charge on any atom is -0.465 e. The second kappa shape index (κ2) is 6.69. The molecule has 1 aromatic rings. The van der Waals surface area contributed by atoms with Crippen LogP contribution in [0.4, 0.5) is 0 Å². The number of Topliss-reactive ketones (excluding diaryl/α,β-unsaturated/α-hetero) is 1. The molecule has 0 saturated heterocycles. The molecule has 96 valence electrons. The van der Waals surface area contributed by atoms with Crippen molar-refractivity contribution in [3.63, 3.8) is 0 Å². The van der Waals surface area contributed by atoms with E-state index in [1.807, 2.05) is 30.3 Å². The summed E-state index contributed by atoms with van der Waals surface area (Å²) in [5, 5.41) is 0. The zero-order valence-corrected chi connectivity index (χ0v) is 10.8. The third-order valence-electron chi connectivity index (χ3n) is 2.51. The number of hydrogen-bond donors (Lipinski definition) is 0. The lowest BCUT2D eigenvalue weighted by Gasteiger charge is -2.15. The molecular formula is C14H17NO3. The van der Waals surface area contributed by atoms with Gasteiger partial charge < -0.3 is 4.74 Å². The molecule has 0 spiro atoms. The molecule has 0 aliphatic heterocycles. The first kappa shape index (κ1) is 14.1. The van der Waals surface area contributed by atoms with Crippen LogP contribution in [0.2, 0.25) is 0 Å². The normalized spacial score (nSPS) is 12.9. The van der Waals surface area contributed by atoms with Crippen molar-refractivity contribution in [3.05, 3.63) is 35.9 Å². The lowest BCUT2D eigenvalue weighted by atomic mass is 9.93. The van der Waals surface area contributed by atoms with E-state index in [0.29, 0.717) is 5.71 Å². The molecule has 0 heterocycles. The van der Waals surface area contributed by atoms with Gasteiger partial charge in [0.2, 0.25) is 0 Å². The smallest absolute Gasteiger partial charge is 0.322 e. The average Bonchev–Trinajstić information content (AvgIpc) is 2.36. The van der Waals surface area contributed by atoms with E-state index in [4.69, 9.17) is 4.74 Å². The van der Waals surface area contributed by atoms with Gasteiger partial charge in [-0.15, -0.1) is 0 Å². The molecule has 1 rings (SSSR count). The van der Waals surface area contributed by atoms with Gasteiger partial charge in [-0.25, -0.2) is 0 Å². The van der Waals surface area contributed by atoms with Gasteiger partial charge in [-0.2, -0.15) is 0 Å². The molecular weight excluding hydrogens is 230 g/mol. The van der Waals surface area contributed by atoms with Crippen molar-refractivity contribution < 1.29 is 14.3 Å². The molecule has 0 bridgehead atoms. The highest BCUT2D eigenvalue weighted by Gasteiger charge is 2.30. The Bertz CT molecular complexity index is 451. The number of ether oxygens (including phenoxy) is 1. The molecule has 4 heteroatoms. The first-order valence-corrected chi connectivity index (χ1v) is 5.81. The van der Waals surface area contributed by atoms with E-state index < -0.39 is 11.9 Å². The zero-order valence-electron chi connectivity index (χ0n) is 10.8. The quantitative estimate of drug-likeness (QED) is 0.453. The topological polar surface area (TPSA) is 55.7 Å². The molecule has 0 saturated carbocycles. The maximum Gasteiger partial charge on any atom is 0.322 e. The van der Waals surface area contributed by atoms with Crippen LogP contribution in [-0.2, 0) is 14.3 Å². The Balaban J connectivity index is 3.12. The van der Waals surface area contributed by atoms with Gasteiger partial charge in [-0.1, -0.05) is 30.3 Å². The minimum absolute atomic E-state index is 0.244. The van der Waals surface area contributed by atoms with E-state index in [-0.39, 0.29) is 12.4 Å². The van der Waals surface area contributed by atoms with E-state index in [9.17, 15) is 9.59 Å². The second-order valence-corrected chi connectivity index (χ2v) is 3.77. The molecule has 0 aliphatic carbocycles. The van der Waals surface area contributed by atoms with Crippen LogP contribution in [0, 0.1) is 5.92 Å². The fraction of sp³-hybridized carbons (Fsp3) is 0.357. The van der Waals surface area contributed by atoms with E-state index in [1.54, 1.807) is 14.0 Å². The Morgan fingerprint density at radius 3 is 2.33 bits per heavy atom. The molecule has 0 aliphatic rings. The van der Waals surface area contributed by atoms with Crippen molar-refractivity contribution in [2.45, 2.75) is 13.8 Å². The first-order chi connectivity index (χ1) is 8.61. The van der Waals surface area contributed by atoms with Crippen LogP contribution in [0.3, 0.4) is 0 Å². The molecule has 1 unspecified atom stereocenters. The summed E-state index contributed by atoms with van der Waals surface area (Å²) in [6.07, 6.45) is 0. The summed E-state index contributed by atoms with van der Waals surface area (Å²) in [5.74, 6) is -1.76. The summed E-state index contributed by atoms with van der Waals surface area (Å²) in [7, 11) is 1.57. The number of nitrogens with zero attached hydrogens (tertiary/aromatic N) is 1. The fourth-order valence-corrected chi connectivity index (χ4v) is 1.73. The van der Waals surface area contributed by atoms with Gasteiger partial charge in [0.1, 0.15) is 5.78 Å². The number of carbonyl (C=O) groups is 2. The maximum absolute atomic E-state index is 11.8. The van der Waals surface area contributed by atoms with Crippen LogP contribution in [-0.4, -0.2) is 31.1 Å². The minimum atomic E-state index is -0.947. The molecule has 18 heavy (non-hydrogen) atoms. The van der Waals surface area contributed by atoms with Crippen molar-refractivity contribution >= 4 is 17.5 Å². The average molecular weight is 247 g/mol. The Hall–Kier alpha value is -1.97. The van der Waals surface area contributed by atoms with Crippen LogP contribution in [0.1, 0.15) is 19.4 Å². The zero-order chi connectivity index (χ0) is 13.5. The molecule has 1 atom stereocenters. The first-order valence-electron chi connectivity index (χ1n) is 5.81. The maximum atomic E-state index is 11.8. The Morgan fingerprint density at radius 1 is 1.28 bits per heavy atom. The number of rotatable bonds is 5. The van der Waals surface area contributed by atoms with E-state index in [0.717, 1.165) is 5.56 Å². The summed E-state index contributed by atoms with van der Waals surface area (Å²) >= 11 is 0. The summed E-state index contributed by atoms with van der Waals surface area (Å²) in [5.41, 5.74) is 1.20. The van der Waals surface area contributed by atoms with Crippen LogP contribution < -0.4 is 0 Å². The van der Waals surface area contributed by atoms with Gasteiger partial charge in [0.25, 0.3) is 0 Å². The van der Waals surface area contributed by atoms with Crippen molar-refractivity contribution in [2.24, 2.45) is 10.9 Å². The standard InChI is InChI=1S/C14H17NO3/c1-4-18-14(17)12(10(2)16)13(15-3)11-8-6-5-7-9-11/h5-9,12H,4H2,1-3H3/b15-13+. The predicted octanol–water partition coefficient (Wildman–Crippen LogP) is 1.87. The van der Waals surface area contributed by atoms with E-state index >= 15 is 0 Å². The molecule has 0 amide bonds. The monoisotopic (exact) mass is 247 g/mol. The van der Waals surface area contributed by atoms with Gasteiger partial charge >= 0.3 is 5.97 Å². The summed E-state index contributed by atoms with van der Waals surface area (Å²) < 4.78 is 4.93. The predicted molar refractivity (Wildman–Crippen MR) is 69.7 cm³/mol. The lowest BCUT2D eigenvalue weighted by molar-refractivity contribution is -0.148. The number of aliphatic imine (C=N–C) groups is 1. The Labute approximate surface area is 107 Å². The Kier molecular flexibility index (Phi) is 5.24. The van der Waals surface area contributed by atoms with Crippen LogP contribution in [0.5, 0.6) is 0 Å². The third kappa shape index (κ3) is 3.26. The summed E-state index contributed by atoms with van der Waals surface area (Å²) in [6.45, 7) is 3.32. The molecule has 0 aromatic heterocycles. The summed E-state index contributed by atoms with van der Waals surface area (Å²) in [6, 6.07) is 9.17. The number of ketones is 1. The highest BCUT2D eigenvalue weighted by Crippen LogP contribution is 2.13. The third-order valence-corrected chi connectivity index (χ3v) is 2.51. The summed E-state index contributed by atoms with van der Waals surface area (Å²) in [4.78, 5) is 27.6. The van der Waals surface area contributed by atoms with Crippen molar-refractivity contribution in [1.29, 1.82) is 0 Å². The number of carbonyl (C=O) groups excluding carboxylic acids is 2. The van der Waals surface area contributed by atoms with E-state index in [2.05, 4.69) is 4.99 Å². The highest BCUT2D eigenvalue weighted by atomic mass is 16.5. The molecule has 4 nitrogen and oxygen atoms in total. The largest absolute Gasteiger partial charge is 0.465 e. The van der Waals surface area contributed by atoms with Crippen LogP contribution in [0.15, 0.2) is 35.3 Å². The van der Waals surface area contributed by atoms with Crippen molar-refractivity contribution in [3.8, 4) is 0 Å². The lowest BCUT2D eigenvalue weighted by Crippen LogP contribution is -2.32. The SMILES string of the molecule is CCOC(=O)C(C(C)=O)/C(=N/C)c1ccccc1. The molecule has 0 N–H and O–H groups in total. The number of benzene rings is 1. The van der Waals surface area contributed by atoms with Gasteiger partial charge in [0.05, 0.1) is 12.3 Å². The molecule has 0 fully saturated rings. The number of hydrogen-bond acceptors (Lipinski definition) is 4. The van der Waals surface area contributed by atoms with Gasteiger partial charge in [-0.3, -0.25) is 14.6 Å². The fourth-order valence-electron chi connectivity index (χ4n) is 1.73. The van der Waals surface area contributed by atoms with Gasteiger partial charge in [0, 0.05) is 7.05 Å². The van der Waals surface area contributed by atoms with Gasteiger partial charge in [0.15, 0.2) is 5.92 Å². The van der Waals surface area contributed by atoms with Crippen molar-refractivity contribution in [1.82, 2.24) is 0 Å². The van der Waals surface area contributed by atoms with Gasteiger partial charge in [-0.05, 0) is 19.4 Å². The van der Waals surface area contributed by atoms with E-state index in [1.165, 1.54) is 6.92 Å². The molecule has 1 aromatic carbocycles. The number of esters is 1. The Morgan fingerprint density at radius 2 is 1.89 bits per heavy atom. The van der Waals surface area contributed by atoms with Crippen LogP contribution >= 0.6 is 0 Å². The molecule has 0 radical (unpaired) electrons.